The van der Waals surface area contributed by atoms with Crippen molar-refractivity contribution in [1.29, 1.82) is 0 Å². The number of benzene rings is 2. The van der Waals surface area contributed by atoms with Crippen molar-refractivity contribution in [2.24, 2.45) is 0 Å². The maximum Gasteiger partial charge on any atom is 0.242 e. The van der Waals surface area contributed by atoms with E-state index < -0.39 is 6.04 Å². The van der Waals surface area contributed by atoms with Gasteiger partial charge in [0.1, 0.15) is 6.04 Å². The molecule has 2 amide bonds. The third-order valence-electron chi connectivity index (χ3n) is 5.35. The Balaban J connectivity index is 2.09. The quantitative estimate of drug-likeness (QED) is 0.590. The predicted octanol–water partition coefficient (Wildman–Crippen LogP) is 4.87. The van der Waals surface area contributed by atoms with Crippen LogP contribution in [0.3, 0.4) is 0 Å². The molecule has 0 aliphatic heterocycles. The molecule has 0 heterocycles. The van der Waals surface area contributed by atoms with Crippen LogP contribution in [0.15, 0.2) is 48.5 Å². The van der Waals surface area contributed by atoms with Crippen LogP contribution in [0.4, 0.5) is 0 Å². The van der Waals surface area contributed by atoms with E-state index in [0.29, 0.717) is 12.3 Å². The van der Waals surface area contributed by atoms with Crippen molar-refractivity contribution in [1.82, 2.24) is 10.2 Å². The molecule has 0 saturated heterocycles. The van der Waals surface area contributed by atoms with Gasteiger partial charge in [-0.2, -0.15) is 0 Å². The fourth-order valence-corrected chi connectivity index (χ4v) is 4.14. The summed E-state index contributed by atoms with van der Waals surface area (Å²) in [5.74, 6) is 1.02. The van der Waals surface area contributed by atoms with Crippen LogP contribution in [-0.4, -0.2) is 34.6 Å². The molecule has 1 N–H and O–H groups in total. The molecule has 0 aliphatic carbocycles. The van der Waals surface area contributed by atoms with Gasteiger partial charge in [-0.25, -0.2) is 0 Å². The third kappa shape index (κ3) is 7.21. The number of hydrogen-bond acceptors (Lipinski definition) is 3. The standard InChI is InChI=1S/C25H34N2O2S/c1-6-20(4)26-25(29)21(5)27(15-22-12-9-10-18(2)14-22)24(28)17-30-16-23-13-8-7-11-19(23)3/h7-14,20-21H,6,15-17H2,1-5H3,(H,26,29)/t20-,21+/m1/s1. The number of hydrogen-bond donors (Lipinski definition) is 1. The first kappa shape index (κ1) is 24.0. The molecule has 0 aliphatic rings. The van der Waals surface area contributed by atoms with Crippen LogP contribution in [0.2, 0.25) is 0 Å². The first-order valence-corrected chi connectivity index (χ1v) is 11.7. The first-order valence-electron chi connectivity index (χ1n) is 10.6. The Morgan fingerprint density at radius 3 is 2.47 bits per heavy atom. The summed E-state index contributed by atoms with van der Waals surface area (Å²) in [6, 6.07) is 15.9. The topological polar surface area (TPSA) is 49.4 Å². The van der Waals surface area contributed by atoms with Gasteiger partial charge in [-0.3, -0.25) is 9.59 Å². The van der Waals surface area contributed by atoms with Crippen LogP contribution in [0, 0.1) is 13.8 Å². The monoisotopic (exact) mass is 426 g/mol. The molecule has 4 nitrogen and oxygen atoms in total. The largest absolute Gasteiger partial charge is 0.352 e. The predicted molar refractivity (Wildman–Crippen MR) is 126 cm³/mol. The minimum atomic E-state index is -0.522. The number of amides is 2. The summed E-state index contributed by atoms with van der Waals surface area (Å²) in [7, 11) is 0. The summed E-state index contributed by atoms with van der Waals surface area (Å²) < 4.78 is 0. The van der Waals surface area contributed by atoms with Gasteiger partial charge in [-0.15, -0.1) is 11.8 Å². The van der Waals surface area contributed by atoms with Crippen LogP contribution < -0.4 is 5.32 Å². The van der Waals surface area contributed by atoms with Crippen molar-refractivity contribution in [3.05, 3.63) is 70.8 Å². The third-order valence-corrected chi connectivity index (χ3v) is 6.31. The van der Waals surface area contributed by atoms with Crippen LogP contribution in [0.5, 0.6) is 0 Å². The van der Waals surface area contributed by atoms with Crippen molar-refractivity contribution in [2.45, 2.75) is 65.4 Å². The van der Waals surface area contributed by atoms with Crippen molar-refractivity contribution in [2.75, 3.05) is 5.75 Å². The molecular weight excluding hydrogens is 392 g/mol. The number of thioether (sulfide) groups is 1. The zero-order valence-corrected chi connectivity index (χ0v) is 19.6. The Kier molecular flexibility index (Phi) is 9.44. The maximum atomic E-state index is 13.1. The van der Waals surface area contributed by atoms with Gasteiger partial charge >= 0.3 is 0 Å². The summed E-state index contributed by atoms with van der Waals surface area (Å²) in [4.78, 5) is 27.6. The summed E-state index contributed by atoms with van der Waals surface area (Å²) in [5, 5.41) is 3.01. The number of carbonyl (C=O) groups is 2. The highest BCUT2D eigenvalue weighted by Gasteiger charge is 2.26. The molecule has 0 fully saturated rings. The highest BCUT2D eigenvalue weighted by Crippen LogP contribution is 2.18. The van der Waals surface area contributed by atoms with Crippen molar-refractivity contribution in [3.8, 4) is 0 Å². The van der Waals surface area contributed by atoms with Gasteiger partial charge in [0.05, 0.1) is 5.75 Å². The number of nitrogens with one attached hydrogen (secondary N) is 1. The van der Waals surface area contributed by atoms with Crippen molar-refractivity contribution < 1.29 is 9.59 Å². The molecule has 2 aromatic rings. The molecule has 5 heteroatoms. The average Bonchev–Trinajstić information content (AvgIpc) is 2.72. The summed E-state index contributed by atoms with van der Waals surface area (Å²) in [5.41, 5.74) is 4.65. The molecule has 0 saturated carbocycles. The highest BCUT2D eigenvalue weighted by molar-refractivity contribution is 7.99. The number of aryl methyl sites for hydroxylation is 2. The molecule has 30 heavy (non-hydrogen) atoms. The van der Waals surface area contributed by atoms with Crippen molar-refractivity contribution >= 4 is 23.6 Å². The van der Waals surface area contributed by atoms with E-state index in [9.17, 15) is 9.59 Å². The van der Waals surface area contributed by atoms with Gasteiger partial charge in [-0.1, -0.05) is 61.0 Å². The summed E-state index contributed by atoms with van der Waals surface area (Å²) in [6.45, 7) is 10.4. The van der Waals surface area contributed by atoms with E-state index in [1.54, 1.807) is 16.7 Å². The Labute approximate surface area is 185 Å². The van der Waals surface area contributed by atoms with E-state index in [-0.39, 0.29) is 17.9 Å². The second-order valence-electron chi connectivity index (χ2n) is 7.92. The maximum absolute atomic E-state index is 13.1. The second kappa shape index (κ2) is 11.8. The lowest BCUT2D eigenvalue weighted by molar-refractivity contribution is -0.138. The van der Waals surface area contributed by atoms with Gasteiger partial charge in [0, 0.05) is 18.3 Å². The van der Waals surface area contributed by atoms with Crippen LogP contribution >= 0.6 is 11.8 Å². The van der Waals surface area contributed by atoms with E-state index in [1.165, 1.54) is 11.1 Å². The molecule has 0 radical (unpaired) electrons. The Hall–Kier alpha value is -2.27. The highest BCUT2D eigenvalue weighted by atomic mass is 32.2. The summed E-state index contributed by atoms with van der Waals surface area (Å²) >= 11 is 1.60. The van der Waals surface area contributed by atoms with E-state index >= 15 is 0 Å². The first-order chi connectivity index (χ1) is 14.3. The van der Waals surface area contributed by atoms with E-state index in [2.05, 4.69) is 30.4 Å². The Morgan fingerprint density at radius 2 is 1.80 bits per heavy atom. The molecule has 0 bridgehead atoms. The zero-order valence-electron chi connectivity index (χ0n) is 18.8. The SMILES string of the molecule is CC[C@@H](C)NC(=O)[C@H](C)N(Cc1cccc(C)c1)C(=O)CSCc1ccccc1C. The molecule has 0 unspecified atom stereocenters. The Bertz CT molecular complexity index is 853. The van der Waals surface area contributed by atoms with Gasteiger partial charge in [0.15, 0.2) is 0 Å². The Morgan fingerprint density at radius 1 is 1.07 bits per heavy atom. The molecule has 162 valence electrons. The van der Waals surface area contributed by atoms with Crippen LogP contribution in [0.25, 0.3) is 0 Å². The molecule has 0 aromatic heterocycles. The fraction of sp³-hybridized carbons (Fsp3) is 0.440. The lowest BCUT2D eigenvalue weighted by Gasteiger charge is -2.29. The van der Waals surface area contributed by atoms with Gasteiger partial charge < -0.3 is 10.2 Å². The van der Waals surface area contributed by atoms with Gasteiger partial charge in [-0.05, 0) is 50.8 Å². The van der Waals surface area contributed by atoms with Crippen molar-refractivity contribution in [3.63, 3.8) is 0 Å². The van der Waals surface area contributed by atoms with E-state index in [1.807, 2.05) is 58.0 Å². The van der Waals surface area contributed by atoms with Gasteiger partial charge in [0.2, 0.25) is 11.8 Å². The smallest absolute Gasteiger partial charge is 0.242 e. The zero-order chi connectivity index (χ0) is 22.1. The number of rotatable bonds is 10. The lowest BCUT2D eigenvalue weighted by atomic mass is 10.1. The van der Waals surface area contributed by atoms with E-state index in [0.717, 1.165) is 23.3 Å². The second-order valence-corrected chi connectivity index (χ2v) is 8.91. The fourth-order valence-electron chi connectivity index (χ4n) is 3.16. The average molecular weight is 427 g/mol. The van der Waals surface area contributed by atoms with Crippen LogP contribution in [0.1, 0.15) is 49.4 Å². The van der Waals surface area contributed by atoms with E-state index in [4.69, 9.17) is 0 Å². The molecule has 2 aromatic carbocycles. The molecule has 2 rings (SSSR count). The normalized spacial score (nSPS) is 12.8. The number of nitrogens with zero attached hydrogens (tertiary/aromatic N) is 1. The number of carbonyl (C=O) groups excluding carboxylic acids is 2. The molecule has 0 spiro atoms. The minimum absolute atomic E-state index is 0.0121. The molecule has 2 atom stereocenters. The van der Waals surface area contributed by atoms with Gasteiger partial charge in [0.25, 0.3) is 0 Å². The summed E-state index contributed by atoms with van der Waals surface area (Å²) in [6.07, 6.45) is 0.858. The molecular formula is C25H34N2O2S. The lowest BCUT2D eigenvalue weighted by Crippen LogP contribution is -2.50. The van der Waals surface area contributed by atoms with Crippen LogP contribution in [-0.2, 0) is 21.9 Å². The minimum Gasteiger partial charge on any atom is -0.352 e.